The Kier molecular flexibility index (Phi) is 5.58. The van der Waals surface area contributed by atoms with Gasteiger partial charge in [-0.25, -0.2) is 4.98 Å². The molecule has 5 nitrogen and oxygen atoms in total. The average molecular weight is 344 g/mol. The molecule has 0 aromatic carbocycles. The molecule has 0 spiro atoms. The minimum Gasteiger partial charge on any atom is -0.337 e. The predicted molar refractivity (Wildman–Crippen MR) is 97.3 cm³/mol. The number of hydrogen-bond donors (Lipinski definition) is 0. The van der Waals surface area contributed by atoms with E-state index in [1.54, 1.807) is 6.20 Å². The number of thiazole rings is 1. The summed E-state index contributed by atoms with van der Waals surface area (Å²) in [6.07, 6.45) is 3.96. The van der Waals surface area contributed by atoms with E-state index in [-0.39, 0.29) is 5.91 Å². The Morgan fingerprint density at radius 2 is 2.12 bits per heavy atom. The van der Waals surface area contributed by atoms with Crippen molar-refractivity contribution in [3.8, 4) is 10.7 Å². The minimum atomic E-state index is 0.116. The van der Waals surface area contributed by atoms with Gasteiger partial charge >= 0.3 is 0 Å². The van der Waals surface area contributed by atoms with Crippen LogP contribution in [0, 0.1) is 6.92 Å². The van der Waals surface area contributed by atoms with Gasteiger partial charge in [-0.15, -0.1) is 11.3 Å². The van der Waals surface area contributed by atoms with Crippen LogP contribution in [0.25, 0.3) is 10.7 Å². The standard InChI is InChI=1S/C18H24N4OS/c1-3-9-21-10-6-11-22(13-12-21)18(23)16-14(2)20-17(24-16)15-7-4-5-8-19-15/h4-5,7-8H,3,6,9-13H2,1-2H3. The molecule has 1 amide bonds. The van der Waals surface area contributed by atoms with Crippen LogP contribution >= 0.6 is 11.3 Å². The van der Waals surface area contributed by atoms with Gasteiger partial charge in [0.2, 0.25) is 0 Å². The number of aryl methyl sites for hydroxylation is 1. The quantitative estimate of drug-likeness (QED) is 0.855. The van der Waals surface area contributed by atoms with Crippen molar-refractivity contribution in [2.24, 2.45) is 0 Å². The first-order chi connectivity index (χ1) is 11.7. The van der Waals surface area contributed by atoms with Gasteiger partial charge in [0, 0.05) is 25.8 Å². The molecule has 128 valence electrons. The van der Waals surface area contributed by atoms with E-state index >= 15 is 0 Å². The third-order valence-corrected chi connectivity index (χ3v) is 5.46. The fraction of sp³-hybridized carbons (Fsp3) is 0.500. The van der Waals surface area contributed by atoms with Crippen molar-refractivity contribution in [2.45, 2.75) is 26.7 Å². The molecule has 0 saturated carbocycles. The lowest BCUT2D eigenvalue weighted by Gasteiger charge is -2.21. The van der Waals surface area contributed by atoms with E-state index in [2.05, 4.69) is 21.8 Å². The SMILES string of the molecule is CCCN1CCCN(C(=O)c2sc(-c3ccccn3)nc2C)CC1. The number of nitrogens with zero attached hydrogens (tertiary/aromatic N) is 4. The van der Waals surface area contributed by atoms with Crippen LogP contribution in [0.3, 0.4) is 0 Å². The zero-order valence-electron chi connectivity index (χ0n) is 14.4. The lowest BCUT2D eigenvalue weighted by Crippen LogP contribution is -2.35. The summed E-state index contributed by atoms with van der Waals surface area (Å²) >= 11 is 1.45. The van der Waals surface area contributed by atoms with Crippen molar-refractivity contribution < 1.29 is 4.79 Å². The van der Waals surface area contributed by atoms with E-state index in [4.69, 9.17) is 0 Å². The van der Waals surface area contributed by atoms with Crippen molar-refractivity contribution in [2.75, 3.05) is 32.7 Å². The summed E-state index contributed by atoms with van der Waals surface area (Å²) in [6.45, 7) is 8.91. The highest BCUT2D eigenvalue weighted by Crippen LogP contribution is 2.27. The van der Waals surface area contributed by atoms with E-state index in [1.807, 2.05) is 30.0 Å². The molecule has 0 radical (unpaired) electrons. The highest BCUT2D eigenvalue weighted by Gasteiger charge is 2.24. The van der Waals surface area contributed by atoms with Crippen molar-refractivity contribution in [1.82, 2.24) is 19.8 Å². The third kappa shape index (κ3) is 3.82. The molecule has 0 N–H and O–H groups in total. The Labute approximate surface area is 147 Å². The predicted octanol–water partition coefficient (Wildman–Crippen LogP) is 3.07. The van der Waals surface area contributed by atoms with Crippen LogP contribution in [0.5, 0.6) is 0 Å². The molecule has 24 heavy (non-hydrogen) atoms. The second kappa shape index (κ2) is 7.85. The van der Waals surface area contributed by atoms with E-state index in [0.717, 1.165) is 66.8 Å². The molecule has 3 rings (SSSR count). The van der Waals surface area contributed by atoms with Gasteiger partial charge in [0.05, 0.1) is 11.4 Å². The normalized spacial score (nSPS) is 16.2. The summed E-state index contributed by atoms with van der Waals surface area (Å²) in [6, 6.07) is 5.76. The number of carbonyl (C=O) groups is 1. The van der Waals surface area contributed by atoms with Crippen LogP contribution in [0.4, 0.5) is 0 Å². The van der Waals surface area contributed by atoms with Crippen molar-refractivity contribution in [3.05, 3.63) is 35.0 Å². The van der Waals surface area contributed by atoms with Crippen LogP contribution in [-0.4, -0.2) is 58.4 Å². The summed E-state index contributed by atoms with van der Waals surface area (Å²) in [4.78, 5) is 27.0. The van der Waals surface area contributed by atoms with Crippen LogP contribution in [0.15, 0.2) is 24.4 Å². The molecular formula is C18H24N4OS. The number of pyridine rings is 1. The van der Waals surface area contributed by atoms with Gasteiger partial charge in [-0.05, 0) is 45.0 Å². The first-order valence-corrected chi connectivity index (χ1v) is 9.41. The Balaban J connectivity index is 1.74. The summed E-state index contributed by atoms with van der Waals surface area (Å²) in [5, 5.41) is 0.818. The molecule has 1 aliphatic rings. The number of rotatable bonds is 4. The smallest absolute Gasteiger partial charge is 0.265 e. The molecule has 1 fully saturated rings. The Morgan fingerprint density at radius 1 is 1.25 bits per heavy atom. The fourth-order valence-corrected chi connectivity index (χ4v) is 4.06. The van der Waals surface area contributed by atoms with Gasteiger partial charge in [-0.1, -0.05) is 13.0 Å². The fourth-order valence-electron chi connectivity index (χ4n) is 3.05. The second-order valence-electron chi connectivity index (χ2n) is 6.14. The topological polar surface area (TPSA) is 49.3 Å². The number of hydrogen-bond acceptors (Lipinski definition) is 5. The largest absolute Gasteiger partial charge is 0.337 e. The number of amides is 1. The van der Waals surface area contributed by atoms with Crippen molar-refractivity contribution in [3.63, 3.8) is 0 Å². The maximum absolute atomic E-state index is 12.9. The molecule has 1 aliphatic heterocycles. The Hall–Kier alpha value is -1.79. The van der Waals surface area contributed by atoms with Gasteiger partial charge in [-0.2, -0.15) is 0 Å². The maximum Gasteiger partial charge on any atom is 0.265 e. The van der Waals surface area contributed by atoms with Crippen LogP contribution < -0.4 is 0 Å². The first kappa shape index (κ1) is 17.0. The maximum atomic E-state index is 12.9. The molecule has 0 aliphatic carbocycles. The molecule has 1 saturated heterocycles. The molecule has 0 bridgehead atoms. The Bertz CT molecular complexity index is 686. The molecule has 3 heterocycles. The monoisotopic (exact) mass is 344 g/mol. The molecule has 6 heteroatoms. The van der Waals surface area contributed by atoms with E-state index in [0.29, 0.717) is 0 Å². The molecule has 0 atom stereocenters. The zero-order chi connectivity index (χ0) is 16.9. The summed E-state index contributed by atoms with van der Waals surface area (Å²) < 4.78 is 0. The second-order valence-corrected chi connectivity index (χ2v) is 7.13. The lowest BCUT2D eigenvalue weighted by molar-refractivity contribution is 0.0765. The average Bonchev–Trinajstić information content (AvgIpc) is 2.84. The van der Waals surface area contributed by atoms with E-state index in [1.165, 1.54) is 11.3 Å². The minimum absolute atomic E-state index is 0.116. The highest BCUT2D eigenvalue weighted by atomic mass is 32.1. The van der Waals surface area contributed by atoms with E-state index in [9.17, 15) is 4.79 Å². The van der Waals surface area contributed by atoms with Crippen LogP contribution in [0.1, 0.15) is 35.1 Å². The zero-order valence-corrected chi connectivity index (χ0v) is 15.2. The number of carbonyl (C=O) groups excluding carboxylic acids is 1. The van der Waals surface area contributed by atoms with Gasteiger partial charge < -0.3 is 9.80 Å². The summed E-state index contributed by atoms with van der Waals surface area (Å²) in [5.74, 6) is 0.116. The Morgan fingerprint density at radius 3 is 2.88 bits per heavy atom. The highest BCUT2D eigenvalue weighted by molar-refractivity contribution is 7.17. The van der Waals surface area contributed by atoms with Gasteiger partial charge in [0.15, 0.2) is 0 Å². The lowest BCUT2D eigenvalue weighted by atomic mass is 10.3. The first-order valence-electron chi connectivity index (χ1n) is 8.59. The number of aromatic nitrogens is 2. The molecule has 2 aromatic heterocycles. The molecular weight excluding hydrogens is 320 g/mol. The van der Waals surface area contributed by atoms with E-state index < -0.39 is 0 Å². The van der Waals surface area contributed by atoms with Crippen molar-refractivity contribution in [1.29, 1.82) is 0 Å². The van der Waals surface area contributed by atoms with Crippen LogP contribution in [0.2, 0.25) is 0 Å². The van der Waals surface area contributed by atoms with Crippen LogP contribution in [-0.2, 0) is 0 Å². The summed E-state index contributed by atoms with van der Waals surface area (Å²) in [7, 11) is 0. The van der Waals surface area contributed by atoms with Gasteiger partial charge in [0.25, 0.3) is 5.91 Å². The van der Waals surface area contributed by atoms with Gasteiger partial charge in [-0.3, -0.25) is 9.78 Å². The summed E-state index contributed by atoms with van der Waals surface area (Å²) in [5.41, 5.74) is 1.63. The van der Waals surface area contributed by atoms with Crippen molar-refractivity contribution >= 4 is 17.2 Å². The molecule has 2 aromatic rings. The van der Waals surface area contributed by atoms with Gasteiger partial charge in [0.1, 0.15) is 9.88 Å². The third-order valence-electron chi connectivity index (χ3n) is 4.29. The molecule has 0 unspecified atom stereocenters.